The third kappa shape index (κ3) is 4.81. The van der Waals surface area contributed by atoms with Crippen molar-refractivity contribution in [2.45, 2.75) is 19.4 Å². The van der Waals surface area contributed by atoms with E-state index in [9.17, 15) is 14.4 Å². The number of benzene rings is 2. The smallest absolute Gasteiger partial charge is 0.313 e. The van der Waals surface area contributed by atoms with Gasteiger partial charge >= 0.3 is 11.8 Å². The van der Waals surface area contributed by atoms with Crippen molar-refractivity contribution in [3.8, 4) is 5.75 Å². The molecule has 0 saturated carbocycles. The Morgan fingerprint density at radius 2 is 1.94 bits per heavy atom. The third-order valence-electron chi connectivity index (χ3n) is 5.23. The van der Waals surface area contributed by atoms with Crippen molar-refractivity contribution in [3.63, 3.8) is 0 Å². The topological polar surface area (TPSA) is 87.7 Å². The standard InChI is InChI=1S/C24H23N3O4S/c1-31-19-7-2-5-16(13-19)15-25-22(28)23(29)26-18-9-10-20-17(14-18)6-3-11-27(20)24(30)21-8-4-12-32-21/h2,4-5,7-10,12-14H,3,6,11,15H2,1H3,(H,25,28)(H,26,29). The van der Waals surface area contributed by atoms with E-state index in [-0.39, 0.29) is 12.5 Å². The molecule has 8 heteroatoms. The van der Waals surface area contributed by atoms with Crippen LogP contribution in [0.1, 0.15) is 27.2 Å². The molecule has 3 amide bonds. The molecule has 2 N–H and O–H groups in total. The molecule has 32 heavy (non-hydrogen) atoms. The second-order valence-electron chi connectivity index (χ2n) is 7.37. The SMILES string of the molecule is COc1cccc(CNC(=O)C(=O)Nc2ccc3c(c2)CCCN3C(=O)c2cccs2)c1. The van der Waals surface area contributed by atoms with Gasteiger partial charge in [-0.25, -0.2) is 0 Å². The van der Waals surface area contributed by atoms with E-state index in [2.05, 4.69) is 10.6 Å². The maximum Gasteiger partial charge on any atom is 0.313 e. The molecule has 0 spiro atoms. The monoisotopic (exact) mass is 449 g/mol. The summed E-state index contributed by atoms with van der Waals surface area (Å²) in [5, 5.41) is 7.14. The van der Waals surface area contributed by atoms with Gasteiger partial charge in [0.1, 0.15) is 5.75 Å². The van der Waals surface area contributed by atoms with E-state index in [1.807, 2.05) is 47.8 Å². The molecule has 0 bridgehead atoms. The van der Waals surface area contributed by atoms with Gasteiger partial charge in [-0.05, 0) is 65.7 Å². The Morgan fingerprint density at radius 3 is 2.72 bits per heavy atom. The van der Waals surface area contributed by atoms with Crippen molar-refractivity contribution in [2.75, 3.05) is 23.9 Å². The van der Waals surface area contributed by atoms with E-state index in [0.717, 1.165) is 29.7 Å². The maximum atomic E-state index is 12.8. The molecule has 2 heterocycles. The van der Waals surface area contributed by atoms with Crippen LogP contribution in [-0.2, 0) is 22.6 Å². The Kier molecular flexibility index (Phi) is 6.51. The predicted molar refractivity (Wildman–Crippen MR) is 124 cm³/mol. The molecule has 164 valence electrons. The number of methoxy groups -OCH3 is 1. The van der Waals surface area contributed by atoms with Gasteiger partial charge in [0.25, 0.3) is 5.91 Å². The number of nitrogens with one attached hydrogen (secondary N) is 2. The highest BCUT2D eigenvalue weighted by molar-refractivity contribution is 7.12. The van der Waals surface area contributed by atoms with E-state index in [1.165, 1.54) is 11.3 Å². The van der Waals surface area contributed by atoms with Gasteiger partial charge in [0.15, 0.2) is 0 Å². The highest BCUT2D eigenvalue weighted by Gasteiger charge is 2.25. The first-order valence-electron chi connectivity index (χ1n) is 10.3. The van der Waals surface area contributed by atoms with Crippen LogP contribution in [0.4, 0.5) is 11.4 Å². The average molecular weight is 450 g/mol. The highest BCUT2D eigenvalue weighted by Crippen LogP contribution is 2.31. The van der Waals surface area contributed by atoms with Crippen molar-refractivity contribution in [1.82, 2.24) is 5.32 Å². The van der Waals surface area contributed by atoms with Crippen LogP contribution in [0.15, 0.2) is 60.0 Å². The van der Waals surface area contributed by atoms with Gasteiger partial charge in [-0.15, -0.1) is 11.3 Å². The summed E-state index contributed by atoms with van der Waals surface area (Å²) in [6.07, 6.45) is 1.64. The first-order valence-corrected chi connectivity index (χ1v) is 11.1. The molecule has 3 aromatic rings. The van der Waals surface area contributed by atoms with Crippen molar-refractivity contribution in [1.29, 1.82) is 0 Å². The van der Waals surface area contributed by atoms with E-state index in [0.29, 0.717) is 22.9 Å². The number of hydrogen-bond donors (Lipinski definition) is 2. The van der Waals surface area contributed by atoms with Crippen LogP contribution in [-0.4, -0.2) is 31.4 Å². The summed E-state index contributed by atoms with van der Waals surface area (Å²) in [6, 6.07) is 16.3. The van der Waals surface area contributed by atoms with E-state index >= 15 is 0 Å². The normalized spacial score (nSPS) is 12.6. The van der Waals surface area contributed by atoms with Gasteiger partial charge in [-0.2, -0.15) is 0 Å². The first kappa shape index (κ1) is 21.6. The van der Waals surface area contributed by atoms with Gasteiger partial charge in [0.05, 0.1) is 12.0 Å². The Morgan fingerprint density at radius 1 is 1.06 bits per heavy atom. The summed E-state index contributed by atoms with van der Waals surface area (Å²) in [4.78, 5) is 39.9. The van der Waals surface area contributed by atoms with Crippen LogP contribution in [0.5, 0.6) is 5.75 Å². The lowest BCUT2D eigenvalue weighted by molar-refractivity contribution is -0.136. The predicted octanol–water partition coefficient (Wildman–Crippen LogP) is 3.60. The minimum atomic E-state index is -0.741. The number of nitrogens with zero attached hydrogens (tertiary/aromatic N) is 1. The molecule has 0 radical (unpaired) electrons. The van der Waals surface area contributed by atoms with Crippen molar-refractivity contribution >= 4 is 40.4 Å². The number of amides is 3. The summed E-state index contributed by atoms with van der Waals surface area (Å²) in [5.41, 5.74) is 3.16. The summed E-state index contributed by atoms with van der Waals surface area (Å²) in [7, 11) is 1.57. The number of carbonyl (C=O) groups is 3. The fraction of sp³-hybridized carbons (Fsp3) is 0.208. The molecule has 0 saturated heterocycles. The minimum Gasteiger partial charge on any atom is -0.497 e. The Balaban J connectivity index is 1.39. The zero-order chi connectivity index (χ0) is 22.5. The van der Waals surface area contributed by atoms with Crippen LogP contribution in [0, 0.1) is 0 Å². The number of ether oxygens (including phenoxy) is 1. The second-order valence-corrected chi connectivity index (χ2v) is 8.32. The van der Waals surface area contributed by atoms with Gasteiger partial charge < -0.3 is 20.3 Å². The molecule has 1 aliphatic heterocycles. The molecule has 7 nitrogen and oxygen atoms in total. The zero-order valence-corrected chi connectivity index (χ0v) is 18.4. The van der Waals surface area contributed by atoms with Crippen LogP contribution in [0.3, 0.4) is 0 Å². The summed E-state index contributed by atoms with van der Waals surface area (Å²) in [5.74, 6) is -0.799. The first-order chi connectivity index (χ1) is 15.5. The van der Waals surface area contributed by atoms with Gasteiger partial charge in [0, 0.05) is 24.5 Å². The van der Waals surface area contributed by atoms with E-state index in [4.69, 9.17) is 4.74 Å². The maximum absolute atomic E-state index is 12.8. The molecule has 0 fully saturated rings. The van der Waals surface area contributed by atoms with Crippen molar-refractivity contribution in [3.05, 3.63) is 76.0 Å². The van der Waals surface area contributed by atoms with Crippen LogP contribution in [0.2, 0.25) is 0 Å². The summed E-state index contributed by atoms with van der Waals surface area (Å²) in [6.45, 7) is 0.871. The van der Waals surface area contributed by atoms with Crippen molar-refractivity contribution < 1.29 is 19.1 Å². The Labute approximate surface area is 190 Å². The number of rotatable bonds is 5. The highest BCUT2D eigenvalue weighted by atomic mass is 32.1. The molecule has 0 aliphatic carbocycles. The Bertz CT molecular complexity index is 1140. The fourth-order valence-corrected chi connectivity index (χ4v) is 4.32. The average Bonchev–Trinajstić information content (AvgIpc) is 3.36. The van der Waals surface area contributed by atoms with E-state index < -0.39 is 11.8 Å². The molecule has 0 unspecified atom stereocenters. The molecule has 1 aromatic heterocycles. The van der Waals surface area contributed by atoms with Crippen LogP contribution in [0.25, 0.3) is 0 Å². The fourth-order valence-electron chi connectivity index (χ4n) is 3.65. The largest absolute Gasteiger partial charge is 0.497 e. The molecule has 0 atom stereocenters. The van der Waals surface area contributed by atoms with Gasteiger partial charge in [-0.1, -0.05) is 18.2 Å². The third-order valence-corrected chi connectivity index (χ3v) is 6.08. The molecule has 2 aromatic carbocycles. The number of fused-ring (bicyclic) bond motifs is 1. The molecular formula is C24H23N3O4S. The number of carbonyl (C=O) groups excluding carboxylic acids is 3. The van der Waals surface area contributed by atoms with Crippen LogP contribution < -0.4 is 20.3 Å². The number of anilines is 2. The minimum absolute atomic E-state index is 0.0188. The van der Waals surface area contributed by atoms with Crippen molar-refractivity contribution in [2.24, 2.45) is 0 Å². The number of aryl methyl sites for hydroxylation is 1. The van der Waals surface area contributed by atoms with Gasteiger partial charge in [-0.3, -0.25) is 14.4 Å². The number of thiophene rings is 1. The molecule has 4 rings (SSSR count). The lowest BCUT2D eigenvalue weighted by Crippen LogP contribution is -2.36. The number of hydrogen-bond acceptors (Lipinski definition) is 5. The van der Waals surface area contributed by atoms with Crippen LogP contribution >= 0.6 is 11.3 Å². The second kappa shape index (κ2) is 9.65. The Hall–Kier alpha value is -3.65. The molecular weight excluding hydrogens is 426 g/mol. The van der Waals surface area contributed by atoms with Gasteiger partial charge in [0.2, 0.25) is 0 Å². The lowest BCUT2D eigenvalue weighted by Gasteiger charge is -2.29. The van der Waals surface area contributed by atoms with E-state index in [1.54, 1.807) is 24.1 Å². The summed E-state index contributed by atoms with van der Waals surface area (Å²) >= 11 is 1.42. The molecule has 1 aliphatic rings. The summed E-state index contributed by atoms with van der Waals surface area (Å²) < 4.78 is 5.16. The zero-order valence-electron chi connectivity index (χ0n) is 17.6. The lowest BCUT2D eigenvalue weighted by atomic mass is 10.0. The quantitative estimate of drug-likeness (QED) is 0.583.